The van der Waals surface area contributed by atoms with Crippen molar-refractivity contribution in [2.45, 2.75) is 36.7 Å². The summed E-state index contributed by atoms with van der Waals surface area (Å²) in [5.41, 5.74) is 0.545. The number of carbonyl (C=O) groups is 2. The standard InChI is InChI=1S/C23H29N7O6S2/c1-15-10-30(16(2)13-31)23(33)18-9-17(25-21(32)12-29-14-24-26-27-29)6-7-19(18)36-20(15)11-28(3)38(34,35)22-5-4-8-37-22/h4-9,14-16,20,31H,10-13H2,1-3H3,(H,25,32)/t15-,16-,20-/m1/s1. The molecule has 1 aliphatic rings. The maximum atomic E-state index is 13.6. The lowest BCUT2D eigenvalue weighted by Crippen LogP contribution is -2.50. The molecule has 0 saturated heterocycles. The first kappa shape index (κ1) is 27.6. The topological polar surface area (TPSA) is 160 Å². The molecule has 3 atom stereocenters. The Bertz CT molecular complexity index is 1360. The van der Waals surface area contributed by atoms with Crippen LogP contribution in [-0.4, -0.2) is 93.6 Å². The monoisotopic (exact) mass is 563 g/mol. The van der Waals surface area contributed by atoms with Gasteiger partial charge in [-0.05, 0) is 47.0 Å². The molecule has 2 amide bonds. The lowest BCUT2D eigenvalue weighted by Gasteiger charge is -2.38. The van der Waals surface area contributed by atoms with Gasteiger partial charge in [-0.2, -0.15) is 4.31 Å². The van der Waals surface area contributed by atoms with Crippen molar-refractivity contribution in [3.63, 3.8) is 0 Å². The molecule has 0 saturated carbocycles. The molecular weight excluding hydrogens is 534 g/mol. The highest BCUT2D eigenvalue weighted by molar-refractivity contribution is 7.91. The highest BCUT2D eigenvalue weighted by Gasteiger charge is 2.35. The number of sulfonamides is 1. The Morgan fingerprint density at radius 1 is 1.37 bits per heavy atom. The van der Waals surface area contributed by atoms with Gasteiger partial charge in [0.2, 0.25) is 5.91 Å². The van der Waals surface area contributed by atoms with E-state index in [2.05, 4.69) is 20.8 Å². The SMILES string of the molecule is C[C@@H]1CN([C@H](C)CO)C(=O)c2cc(NC(=O)Cn3cnnn3)ccc2O[C@@H]1CN(C)S(=O)(=O)c1cccs1. The van der Waals surface area contributed by atoms with Crippen LogP contribution in [0.1, 0.15) is 24.2 Å². The van der Waals surface area contributed by atoms with Crippen LogP contribution in [0.25, 0.3) is 0 Å². The molecule has 15 heteroatoms. The van der Waals surface area contributed by atoms with Gasteiger partial charge in [0.1, 0.15) is 28.9 Å². The zero-order valence-electron chi connectivity index (χ0n) is 21.1. The van der Waals surface area contributed by atoms with E-state index in [4.69, 9.17) is 4.74 Å². The highest BCUT2D eigenvalue weighted by Crippen LogP contribution is 2.31. The van der Waals surface area contributed by atoms with E-state index in [1.165, 1.54) is 28.4 Å². The third-order valence-electron chi connectivity index (χ3n) is 6.24. The fourth-order valence-corrected chi connectivity index (χ4v) is 6.42. The molecular formula is C23H29N7O6S2. The van der Waals surface area contributed by atoms with Crippen LogP contribution in [0.3, 0.4) is 0 Å². The number of fused-ring (bicyclic) bond motifs is 1. The van der Waals surface area contributed by atoms with Gasteiger partial charge in [-0.25, -0.2) is 13.1 Å². The molecule has 4 rings (SSSR count). The molecule has 0 radical (unpaired) electrons. The third-order valence-corrected chi connectivity index (χ3v) is 9.44. The van der Waals surface area contributed by atoms with Gasteiger partial charge in [0, 0.05) is 25.2 Å². The number of nitrogens with one attached hydrogen (secondary N) is 1. The lowest BCUT2D eigenvalue weighted by atomic mass is 9.99. The number of thiophene rings is 1. The van der Waals surface area contributed by atoms with Gasteiger partial charge < -0.3 is 20.1 Å². The van der Waals surface area contributed by atoms with Gasteiger partial charge in [0.05, 0.1) is 24.8 Å². The Hall–Kier alpha value is -3.40. The first-order chi connectivity index (χ1) is 18.1. The van der Waals surface area contributed by atoms with Gasteiger partial charge in [0.15, 0.2) is 0 Å². The van der Waals surface area contributed by atoms with Crippen molar-refractivity contribution in [3.05, 3.63) is 47.6 Å². The van der Waals surface area contributed by atoms with Crippen LogP contribution in [0.2, 0.25) is 0 Å². The maximum absolute atomic E-state index is 13.6. The molecule has 0 bridgehead atoms. The zero-order valence-corrected chi connectivity index (χ0v) is 22.7. The van der Waals surface area contributed by atoms with Gasteiger partial charge in [-0.1, -0.05) is 13.0 Å². The Morgan fingerprint density at radius 2 is 2.16 bits per heavy atom. The summed E-state index contributed by atoms with van der Waals surface area (Å²) in [5, 5.41) is 24.9. The van der Waals surface area contributed by atoms with E-state index in [0.717, 1.165) is 11.3 Å². The number of aliphatic hydroxyl groups excluding tert-OH is 1. The molecule has 0 unspecified atom stereocenters. The van der Waals surface area contributed by atoms with Crippen LogP contribution < -0.4 is 10.1 Å². The molecule has 0 aliphatic carbocycles. The summed E-state index contributed by atoms with van der Waals surface area (Å²) >= 11 is 1.13. The minimum Gasteiger partial charge on any atom is -0.488 e. The summed E-state index contributed by atoms with van der Waals surface area (Å²) in [4.78, 5) is 27.5. The predicted molar refractivity (Wildman–Crippen MR) is 138 cm³/mol. The highest BCUT2D eigenvalue weighted by atomic mass is 32.2. The Kier molecular flexibility index (Phi) is 8.40. The molecule has 13 nitrogen and oxygen atoms in total. The normalized spacial score (nSPS) is 18.9. The summed E-state index contributed by atoms with van der Waals surface area (Å²) in [5.74, 6) is -0.785. The number of tetrazole rings is 1. The fraction of sp³-hybridized carbons (Fsp3) is 0.435. The fourth-order valence-electron chi connectivity index (χ4n) is 4.03. The second-order valence-corrected chi connectivity index (χ2v) is 12.3. The molecule has 1 aromatic carbocycles. The average Bonchev–Trinajstić information content (AvgIpc) is 3.61. The van der Waals surface area contributed by atoms with E-state index in [9.17, 15) is 23.1 Å². The van der Waals surface area contributed by atoms with Crippen LogP contribution >= 0.6 is 11.3 Å². The van der Waals surface area contributed by atoms with Crippen LogP contribution in [0.15, 0.2) is 46.2 Å². The second kappa shape index (κ2) is 11.6. The van der Waals surface area contributed by atoms with Gasteiger partial charge >= 0.3 is 0 Å². The Balaban J connectivity index is 1.62. The number of amides is 2. The number of aromatic nitrogens is 4. The number of benzene rings is 1. The number of likely N-dealkylation sites (N-methyl/N-ethyl adjacent to an activating group) is 1. The molecule has 0 spiro atoms. The van der Waals surface area contributed by atoms with Crippen molar-refractivity contribution < 1.29 is 27.9 Å². The molecule has 1 aliphatic heterocycles. The van der Waals surface area contributed by atoms with Gasteiger partial charge in [0.25, 0.3) is 15.9 Å². The van der Waals surface area contributed by atoms with Crippen molar-refractivity contribution in [1.82, 2.24) is 29.4 Å². The van der Waals surface area contributed by atoms with Crippen molar-refractivity contribution in [2.75, 3.05) is 32.1 Å². The third kappa shape index (κ3) is 6.01. The average molecular weight is 564 g/mol. The number of anilines is 1. The number of rotatable bonds is 9. The first-order valence-corrected chi connectivity index (χ1v) is 14.1. The Morgan fingerprint density at radius 3 is 2.82 bits per heavy atom. The van der Waals surface area contributed by atoms with E-state index in [1.54, 1.807) is 41.5 Å². The second-order valence-electron chi connectivity index (χ2n) is 9.11. The maximum Gasteiger partial charge on any atom is 0.258 e. The minimum absolute atomic E-state index is 0.0425. The number of hydrogen-bond donors (Lipinski definition) is 2. The number of nitrogens with zero attached hydrogens (tertiary/aromatic N) is 6. The smallest absolute Gasteiger partial charge is 0.258 e. The van der Waals surface area contributed by atoms with E-state index in [1.807, 2.05) is 6.92 Å². The molecule has 3 aromatic rings. The summed E-state index contributed by atoms with van der Waals surface area (Å²) < 4.78 is 35.1. The van der Waals surface area contributed by atoms with Crippen LogP contribution in [0.5, 0.6) is 5.75 Å². The predicted octanol–water partition coefficient (Wildman–Crippen LogP) is 0.914. The van der Waals surface area contributed by atoms with Crippen molar-refractivity contribution in [1.29, 1.82) is 0 Å². The van der Waals surface area contributed by atoms with Crippen LogP contribution in [0, 0.1) is 5.92 Å². The summed E-state index contributed by atoms with van der Waals surface area (Å²) in [6.45, 7) is 3.50. The Labute approximate surface area is 224 Å². The zero-order chi connectivity index (χ0) is 27.4. The van der Waals surface area contributed by atoms with Crippen molar-refractivity contribution >= 4 is 38.9 Å². The molecule has 0 fully saturated rings. The van der Waals surface area contributed by atoms with E-state index < -0.39 is 28.1 Å². The van der Waals surface area contributed by atoms with Crippen LogP contribution in [-0.2, 0) is 21.4 Å². The largest absolute Gasteiger partial charge is 0.488 e. The minimum atomic E-state index is -3.72. The van der Waals surface area contributed by atoms with E-state index >= 15 is 0 Å². The summed E-state index contributed by atoms with van der Waals surface area (Å²) in [6.07, 6.45) is 0.707. The molecule has 3 heterocycles. The lowest BCUT2D eigenvalue weighted by molar-refractivity contribution is -0.116. The number of aliphatic hydroxyl groups is 1. The van der Waals surface area contributed by atoms with E-state index in [0.29, 0.717) is 5.69 Å². The number of ether oxygens (including phenoxy) is 1. The molecule has 204 valence electrons. The summed E-state index contributed by atoms with van der Waals surface area (Å²) in [6, 6.07) is 7.40. The number of carbonyl (C=O) groups excluding carboxylic acids is 2. The van der Waals surface area contributed by atoms with Crippen molar-refractivity contribution in [2.24, 2.45) is 5.92 Å². The van der Waals surface area contributed by atoms with Crippen molar-refractivity contribution in [3.8, 4) is 5.75 Å². The first-order valence-electron chi connectivity index (χ1n) is 11.8. The van der Waals surface area contributed by atoms with E-state index in [-0.39, 0.29) is 53.6 Å². The number of hydrogen-bond acceptors (Lipinski definition) is 10. The molecule has 38 heavy (non-hydrogen) atoms. The molecule has 2 aromatic heterocycles. The summed E-state index contributed by atoms with van der Waals surface area (Å²) in [7, 11) is -2.22. The quantitative estimate of drug-likeness (QED) is 0.386. The van der Waals surface area contributed by atoms with Crippen LogP contribution in [0.4, 0.5) is 5.69 Å². The van der Waals surface area contributed by atoms with Gasteiger partial charge in [-0.15, -0.1) is 16.4 Å². The molecule has 2 N–H and O–H groups in total. The van der Waals surface area contributed by atoms with Gasteiger partial charge in [-0.3, -0.25) is 9.59 Å².